The number of allylic oxidation sites excluding steroid dienone is 1. The fraction of sp³-hybridized carbons (Fsp3) is 0.522. The van der Waals surface area contributed by atoms with Gasteiger partial charge in [0.05, 0.1) is 10.8 Å². The first-order chi connectivity index (χ1) is 13.2. The van der Waals surface area contributed by atoms with Crippen LogP contribution in [0.15, 0.2) is 38.8 Å². The Morgan fingerprint density at radius 3 is 2.75 bits per heavy atom. The summed E-state index contributed by atoms with van der Waals surface area (Å²) in [4.78, 5) is 12.4. The van der Waals surface area contributed by atoms with E-state index in [9.17, 15) is 4.79 Å². The summed E-state index contributed by atoms with van der Waals surface area (Å²) >= 11 is 0. The monoisotopic (exact) mass is 383 g/mol. The van der Waals surface area contributed by atoms with Crippen LogP contribution in [0.25, 0.3) is 11.3 Å². The number of nitrogens with two attached hydrogens (primary N) is 1. The van der Waals surface area contributed by atoms with Gasteiger partial charge >= 0.3 is 5.63 Å². The average molecular weight is 383 g/mol. The van der Waals surface area contributed by atoms with Crippen molar-refractivity contribution < 1.29 is 13.9 Å². The smallest absolute Gasteiger partial charge is 0.336 e. The zero-order chi connectivity index (χ0) is 20.2. The molecule has 0 spiro atoms. The highest BCUT2D eigenvalue weighted by Gasteiger charge is 2.38. The van der Waals surface area contributed by atoms with Crippen molar-refractivity contribution in [3.05, 3.63) is 56.2 Å². The second-order valence-electron chi connectivity index (χ2n) is 8.66. The maximum atomic E-state index is 12.4. The van der Waals surface area contributed by atoms with Crippen molar-refractivity contribution in [1.82, 2.24) is 0 Å². The summed E-state index contributed by atoms with van der Waals surface area (Å²) in [7, 11) is 0. The molecule has 1 fully saturated rings. The molecule has 2 unspecified atom stereocenters. The van der Waals surface area contributed by atoms with Crippen molar-refractivity contribution in [2.75, 3.05) is 0 Å². The number of rotatable bonds is 2. The summed E-state index contributed by atoms with van der Waals surface area (Å²) in [6.07, 6.45) is 6.38. The highest BCUT2D eigenvalue weighted by atomic mass is 16.5. The van der Waals surface area contributed by atoms with Crippen LogP contribution in [0.3, 0.4) is 0 Å². The van der Waals surface area contributed by atoms with Crippen molar-refractivity contribution in [2.24, 2.45) is 11.7 Å². The third-order valence-corrected chi connectivity index (χ3v) is 5.99. The third kappa shape index (κ3) is 3.02. The predicted octanol–water partition coefficient (Wildman–Crippen LogP) is 2.26. The van der Waals surface area contributed by atoms with Gasteiger partial charge in [0, 0.05) is 30.0 Å². The van der Waals surface area contributed by atoms with Gasteiger partial charge < -0.3 is 19.6 Å². The maximum absolute atomic E-state index is 12.4. The van der Waals surface area contributed by atoms with E-state index >= 15 is 0 Å². The van der Waals surface area contributed by atoms with Gasteiger partial charge in [0.2, 0.25) is 0 Å². The standard InChI is InChI=1S/C23H29NO4/c1-6-7-14-11-17(25)27-22-18(14)16-10-15(8-9-23(4,5)28-16)21-19(22)20(24)12(2)13(3)26-21/h8-9,11-13,20H,6-7,10,24H2,1-5H3/t12-,13?,20?/m1/s1. The molecule has 4 rings (SSSR count). The quantitative estimate of drug-likeness (QED) is 0.848. The Bertz CT molecular complexity index is 1060. The first-order valence-corrected chi connectivity index (χ1v) is 10.2. The number of fused-ring (bicyclic) bond motifs is 4. The van der Waals surface area contributed by atoms with Gasteiger partial charge in [-0.05, 0) is 38.8 Å². The third-order valence-electron chi connectivity index (χ3n) is 5.99. The molecule has 1 aromatic heterocycles. The van der Waals surface area contributed by atoms with E-state index in [-0.39, 0.29) is 23.7 Å². The number of ether oxygens (including phenoxy) is 2. The van der Waals surface area contributed by atoms with Crippen LogP contribution in [0.1, 0.15) is 53.0 Å². The van der Waals surface area contributed by atoms with Gasteiger partial charge in [0.1, 0.15) is 23.2 Å². The lowest BCUT2D eigenvalue weighted by Crippen LogP contribution is -2.48. The lowest BCUT2D eigenvalue weighted by atomic mass is 9.85. The molecular formula is C23H29NO4. The Morgan fingerprint density at radius 2 is 2.04 bits per heavy atom. The second-order valence-corrected chi connectivity index (χ2v) is 8.66. The molecule has 5 nitrogen and oxygen atoms in total. The number of hydrogen-bond donors (Lipinski definition) is 1. The van der Waals surface area contributed by atoms with Crippen molar-refractivity contribution in [2.45, 2.75) is 71.6 Å². The lowest BCUT2D eigenvalue weighted by molar-refractivity contribution is 0.0681. The van der Waals surface area contributed by atoms with Crippen LogP contribution >= 0.6 is 0 Å². The Kier molecular flexibility index (Phi) is 4.53. The summed E-state index contributed by atoms with van der Waals surface area (Å²) in [5, 5.41) is 0.876. The Morgan fingerprint density at radius 1 is 1.29 bits per heavy atom. The summed E-state index contributed by atoms with van der Waals surface area (Å²) in [6.45, 7) is 10.3. The van der Waals surface area contributed by atoms with Crippen LogP contribution < -0.4 is 22.0 Å². The van der Waals surface area contributed by atoms with Gasteiger partial charge in [0.15, 0.2) is 5.42 Å². The Balaban J connectivity index is 2.20. The molecule has 2 N–H and O–H groups in total. The van der Waals surface area contributed by atoms with Crippen molar-refractivity contribution >= 4 is 11.3 Å². The molecule has 0 radical (unpaired) electrons. The van der Waals surface area contributed by atoms with Crippen LogP contribution in [0, 0.1) is 5.92 Å². The van der Waals surface area contributed by atoms with E-state index in [4.69, 9.17) is 19.6 Å². The SMILES string of the molecule is CCCc1cc(=O)oc2c1=C1CC(=C3OC(C)[C@@H](C)C(N)C=23)C=CC(C)(C)O1. The predicted molar refractivity (Wildman–Crippen MR) is 109 cm³/mol. The van der Waals surface area contributed by atoms with Gasteiger partial charge in [-0.15, -0.1) is 0 Å². The van der Waals surface area contributed by atoms with Gasteiger partial charge in [-0.3, -0.25) is 0 Å². The molecule has 5 heteroatoms. The van der Waals surface area contributed by atoms with E-state index in [1.807, 2.05) is 20.8 Å². The van der Waals surface area contributed by atoms with E-state index in [1.54, 1.807) is 6.07 Å². The minimum Gasteiger partial charge on any atom is -0.490 e. The fourth-order valence-electron chi connectivity index (χ4n) is 4.29. The van der Waals surface area contributed by atoms with Crippen LogP contribution in [-0.2, 0) is 15.9 Å². The summed E-state index contributed by atoms with van der Waals surface area (Å²) < 4.78 is 18.6. The highest BCUT2D eigenvalue weighted by Crippen LogP contribution is 2.38. The molecule has 0 amide bonds. The normalized spacial score (nSPS) is 28.0. The summed E-state index contributed by atoms with van der Waals surface area (Å²) in [5.74, 6) is 1.65. The molecule has 0 aromatic carbocycles. The molecule has 3 heterocycles. The molecular weight excluding hydrogens is 354 g/mol. The lowest BCUT2D eigenvalue weighted by Gasteiger charge is -2.36. The summed E-state index contributed by atoms with van der Waals surface area (Å²) in [5.41, 5.74) is 9.12. The van der Waals surface area contributed by atoms with Crippen LogP contribution in [0.4, 0.5) is 0 Å². The topological polar surface area (TPSA) is 74.7 Å². The molecule has 3 aliphatic rings. The number of hydrogen-bond acceptors (Lipinski definition) is 5. The molecule has 28 heavy (non-hydrogen) atoms. The first kappa shape index (κ1) is 19.1. The minimum atomic E-state index is -0.471. The molecule has 2 bridgehead atoms. The summed E-state index contributed by atoms with van der Waals surface area (Å²) in [6, 6.07) is 1.31. The van der Waals surface area contributed by atoms with E-state index in [2.05, 4.69) is 26.0 Å². The van der Waals surface area contributed by atoms with Gasteiger partial charge in [-0.2, -0.15) is 0 Å². The zero-order valence-electron chi connectivity index (χ0n) is 17.3. The van der Waals surface area contributed by atoms with Crippen LogP contribution in [0.5, 0.6) is 0 Å². The van der Waals surface area contributed by atoms with E-state index in [1.165, 1.54) is 0 Å². The minimum absolute atomic E-state index is 0.0256. The van der Waals surface area contributed by atoms with Gasteiger partial charge in [0.25, 0.3) is 0 Å². The van der Waals surface area contributed by atoms with Gasteiger partial charge in [-0.1, -0.05) is 26.3 Å². The number of aryl methyl sites for hydroxylation is 1. The molecule has 0 saturated carbocycles. The van der Waals surface area contributed by atoms with E-state index in [0.29, 0.717) is 11.8 Å². The van der Waals surface area contributed by atoms with Crippen molar-refractivity contribution in [3.63, 3.8) is 0 Å². The molecule has 1 aromatic rings. The molecule has 150 valence electrons. The Labute approximate surface area is 165 Å². The second kappa shape index (κ2) is 6.66. The fourth-order valence-corrected chi connectivity index (χ4v) is 4.29. The van der Waals surface area contributed by atoms with Crippen molar-refractivity contribution in [1.29, 1.82) is 0 Å². The van der Waals surface area contributed by atoms with Crippen molar-refractivity contribution in [3.8, 4) is 0 Å². The molecule has 1 aliphatic carbocycles. The molecule has 3 atom stereocenters. The van der Waals surface area contributed by atoms with E-state index in [0.717, 1.165) is 46.3 Å². The zero-order valence-corrected chi connectivity index (χ0v) is 17.3. The molecule has 2 aliphatic heterocycles. The van der Waals surface area contributed by atoms with Crippen LogP contribution in [0.2, 0.25) is 0 Å². The maximum Gasteiger partial charge on any atom is 0.336 e. The average Bonchev–Trinajstić information content (AvgIpc) is 2.84. The van der Waals surface area contributed by atoms with E-state index < -0.39 is 5.60 Å². The first-order valence-electron chi connectivity index (χ1n) is 10.2. The van der Waals surface area contributed by atoms with Gasteiger partial charge in [-0.25, -0.2) is 4.79 Å². The van der Waals surface area contributed by atoms with Crippen LogP contribution in [-0.4, -0.2) is 17.7 Å². The Hall–Kier alpha value is -2.27. The highest BCUT2D eigenvalue weighted by molar-refractivity contribution is 5.72. The molecule has 1 saturated heterocycles. The largest absolute Gasteiger partial charge is 0.490 e.